The fourth-order valence-corrected chi connectivity index (χ4v) is 2.29. The first-order valence-corrected chi connectivity index (χ1v) is 7.21. The molecule has 1 atom stereocenters. The number of nitrogens with one attached hydrogen (secondary N) is 1. The van der Waals surface area contributed by atoms with E-state index >= 15 is 0 Å². The molecule has 0 aliphatic heterocycles. The molecule has 1 N–H and O–H groups in total. The molecule has 1 aromatic heterocycles. The first-order valence-electron chi connectivity index (χ1n) is 6.41. The lowest BCUT2D eigenvalue weighted by Crippen LogP contribution is -2.22. The van der Waals surface area contributed by atoms with Crippen LogP contribution in [0.1, 0.15) is 37.7 Å². The minimum atomic E-state index is 0.113. The quantitative estimate of drug-likeness (QED) is 0.919. The largest absolute Gasteiger partial charge is 0.307 e. The lowest BCUT2D eigenvalue weighted by molar-refractivity contribution is 0.531. The van der Waals surface area contributed by atoms with Gasteiger partial charge in [-0.1, -0.05) is 13.0 Å². The van der Waals surface area contributed by atoms with Gasteiger partial charge in [-0.25, -0.2) is 0 Å². The molecule has 0 radical (unpaired) electrons. The Labute approximate surface area is 121 Å². The van der Waals surface area contributed by atoms with Crippen molar-refractivity contribution in [1.82, 2.24) is 25.5 Å². The Morgan fingerprint density at radius 2 is 2.21 bits per heavy atom. The van der Waals surface area contributed by atoms with Gasteiger partial charge in [0.2, 0.25) is 0 Å². The van der Waals surface area contributed by atoms with E-state index in [-0.39, 0.29) is 6.04 Å². The molecule has 1 unspecified atom stereocenters. The molecule has 2 aromatic rings. The molecule has 0 aliphatic carbocycles. The lowest BCUT2D eigenvalue weighted by atomic mass is 10.2. The summed E-state index contributed by atoms with van der Waals surface area (Å²) < 4.78 is 2.76. The molecular formula is C13H18BrN5. The molecule has 6 heteroatoms. The zero-order valence-corrected chi connectivity index (χ0v) is 13.0. The number of benzene rings is 1. The number of tetrazole rings is 1. The van der Waals surface area contributed by atoms with E-state index in [1.807, 2.05) is 6.07 Å². The van der Waals surface area contributed by atoms with Crippen molar-refractivity contribution in [2.45, 2.75) is 33.2 Å². The van der Waals surface area contributed by atoms with Gasteiger partial charge >= 0.3 is 0 Å². The van der Waals surface area contributed by atoms with E-state index in [4.69, 9.17) is 0 Å². The second kappa shape index (κ2) is 6.25. The average Bonchev–Trinajstić information content (AvgIpc) is 2.88. The van der Waals surface area contributed by atoms with Gasteiger partial charge in [0, 0.05) is 4.47 Å². The minimum Gasteiger partial charge on any atom is -0.307 e. The van der Waals surface area contributed by atoms with Crippen LogP contribution in [0.3, 0.4) is 0 Å². The first kappa shape index (κ1) is 14.1. The highest BCUT2D eigenvalue weighted by molar-refractivity contribution is 9.10. The van der Waals surface area contributed by atoms with Crippen molar-refractivity contribution in [3.63, 3.8) is 0 Å². The van der Waals surface area contributed by atoms with Crippen molar-refractivity contribution >= 4 is 15.9 Å². The number of aryl methyl sites for hydroxylation is 1. The van der Waals surface area contributed by atoms with Crippen molar-refractivity contribution in [2.24, 2.45) is 0 Å². The number of aromatic nitrogens is 4. The molecule has 2 rings (SSSR count). The molecule has 0 amide bonds. The third-order valence-corrected chi connectivity index (χ3v) is 3.58. The van der Waals surface area contributed by atoms with E-state index in [1.54, 1.807) is 4.68 Å². The maximum atomic E-state index is 4.13. The second-order valence-corrected chi connectivity index (χ2v) is 5.43. The molecule has 0 fully saturated rings. The van der Waals surface area contributed by atoms with Gasteiger partial charge in [0.15, 0.2) is 5.82 Å². The van der Waals surface area contributed by atoms with Crippen molar-refractivity contribution in [2.75, 3.05) is 6.54 Å². The van der Waals surface area contributed by atoms with E-state index in [9.17, 15) is 0 Å². The van der Waals surface area contributed by atoms with Crippen LogP contribution in [-0.2, 0) is 0 Å². The predicted octanol–water partition coefficient (Wildman–Crippen LogP) is 2.79. The summed E-state index contributed by atoms with van der Waals surface area (Å²) in [6.07, 6.45) is 1.08. The van der Waals surface area contributed by atoms with Crippen molar-refractivity contribution in [1.29, 1.82) is 0 Å². The SMILES string of the molecule is CCCNC(C)c1nnnn1-c1cc(C)ccc1Br. The zero-order chi connectivity index (χ0) is 13.8. The topological polar surface area (TPSA) is 55.6 Å². The standard InChI is InChI=1S/C13H18BrN5/c1-4-7-15-10(3)13-16-17-18-19(13)12-8-9(2)5-6-11(12)14/h5-6,8,10,15H,4,7H2,1-3H3. The Morgan fingerprint density at radius 3 is 2.95 bits per heavy atom. The predicted molar refractivity (Wildman–Crippen MR) is 78.3 cm³/mol. The van der Waals surface area contributed by atoms with Crippen LogP contribution in [0.4, 0.5) is 0 Å². The third kappa shape index (κ3) is 3.19. The van der Waals surface area contributed by atoms with Gasteiger partial charge in [-0.15, -0.1) is 5.10 Å². The maximum Gasteiger partial charge on any atom is 0.173 e. The van der Waals surface area contributed by atoms with E-state index in [1.165, 1.54) is 5.56 Å². The Balaban J connectivity index is 2.35. The normalized spacial score (nSPS) is 12.6. The number of halogens is 1. The van der Waals surface area contributed by atoms with Crippen LogP contribution in [-0.4, -0.2) is 26.8 Å². The average molecular weight is 324 g/mol. The van der Waals surface area contributed by atoms with Crippen LogP contribution in [0.15, 0.2) is 22.7 Å². The van der Waals surface area contributed by atoms with Gasteiger partial charge in [-0.2, -0.15) is 4.68 Å². The monoisotopic (exact) mass is 323 g/mol. The van der Waals surface area contributed by atoms with Gasteiger partial charge in [-0.05, 0) is 70.9 Å². The molecule has 5 nitrogen and oxygen atoms in total. The van der Waals surface area contributed by atoms with Gasteiger partial charge in [0.05, 0.1) is 11.7 Å². The molecular weight excluding hydrogens is 306 g/mol. The Bertz CT molecular complexity index is 552. The van der Waals surface area contributed by atoms with E-state index in [0.29, 0.717) is 0 Å². The fourth-order valence-electron chi connectivity index (χ4n) is 1.87. The number of hydrogen-bond acceptors (Lipinski definition) is 4. The highest BCUT2D eigenvalue weighted by Crippen LogP contribution is 2.23. The van der Waals surface area contributed by atoms with Gasteiger partial charge in [-0.3, -0.25) is 0 Å². The molecule has 19 heavy (non-hydrogen) atoms. The summed E-state index contributed by atoms with van der Waals surface area (Å²) in [5, 5.41) is 15.4. The van der Waals surface area contributed by atoms with E-state index in [0.717, 1.165) is 29.0 Å². The Kier molecular flexibility index (Phi) is 4.66. The van der Waals surface area contributed by atoms with Gasteiger partial charge < -0.3 is 5.32 Å². The molecule has 1 aromatic carbocycles. The van der Waals surface area contributed by atoms with Crippen molar-refractivity contribution in [3.05, 3.63) is 34.1 Å². The van der Waals surface area contributed by atoms with Crippen LogP contribution in [0.25, 0.3) is 5.69 Å². The summed E-state index contributed by atoms with van der Waals surface area (Å²) in [5.41, 5.74) is 2.14. The van der Waals surface area contributed by atoms with Crippen LogP contribution in [0.5, 0.6) is 0 Å². The van der Waals surface area contributed by atoms with Crippen molar-refractivity contribution in [3.8, 4) is 5.69 Å². The second-order valence-electron chi connectivity index (χ2n) is 4.58. The number of rotatable bonds is 5. The Hall–Kier alpha value is -1.27. The smallest absolute Gasteiger partial charge is 0.173 e. The minimum absolute atomic E-state index is 0.113. The fraction of sp³-hybridized carbons (Fsp3) is 0.462. The van der Waals surface area contributed by atoms with Gasteiger partial charge in [0.25, 0.3) is 0 Å². The van der Waals surface area contributed by atoms with Crippen LogP contribution >= 0.6 is 15.9 Å². The molecule has 0 bridgehead atoms. The third-order valence-electron chi connectivity index (χ3n) is 2.91. The summed E-state index contributed by atoms with van der Waals surface area (Å²) in [4.78, 5) is 0. The van der Waals surface area contributed by atoms with E-state index in [2.05, 4.69) is 69.7 Å². The van der Waals surface area contributed by atoms with Crippen molar-refractivity contribution < 1.29 is 0 Å². The van der Waals surface area contributed by atoms with Crippen LogP contribution in [0.2, 0.25) is 0 Å². The highest BCUT2D eigenvalue weighted by Gasteiger charge is 2.16. The molecule has 1 heterocycles. The summed E-state index contributed by atoms with van der Waals surface area (Å²) in [6, 6.07) is 6.25. The number of nitrogens with zero attached hydrogens (tertiary/aromatic N) is 4. The molecule has 0 spiro atoms. The zero-order valence-electron chi connectivity index (χ0n) is 11.4. The maximum absolute atomic E-state index is 4.13. The van der Waals surface area contributed by atoms with Gasteiger partial charge in [0.1, 0.15) is 0 Å². The van der Waals surface area contributed by atoms with Crippen LogP contribution < -0.4 is 5.32 Å². The summed E-state index contributed by atoms with van der Waals surface area (Å²) in [6.45, 7) is 7.21. The summed E-state index contributed by atoms with van der Waals surface area (Å²) in [7, 11) is 0. The summed E-state index contributed by atoms with van der Waals surface area (Å²) in [5.74, 6) is 0.819. The van der Waals surface area contributed by atoms with Crippen LogP contribution in [0, 0.1) is 6.92 Å². The highest BCUT2D eigenvalue weighted by atomic mass is 79.9. The molecule has 102 valence electrons. The molecule has 0 aliphatic rings. The summed E-state index contributed by atoms with van der Waals surface area (Å²) >= 11 is 3.55. The molecule has 0 saturated heterocycles. The lowest BCUT2D eigenvalue weighted by Gasteiger charge is -2.14. The van der Waals surface area contributed by atoms with E-state index < -0.39 is 0 Å². The first-order chi connectivity index (χ1) is 9.13. The molecule has 0 saturated carbocycles. The Morgan fingerprint density at radius 1 is 1.42 bits per heavy atom. The number of hydrogen-bond donors (Lipinski definition) is 1.